The number of hydrogen-bond acceptors (Lipinski definition) is 2. The fourth-order valence-corrected chi connectivity index (χ4v) is 1.22. The minimum Gasteiger partial charge on any atom is -0.373 e. The molecule has 0 saturated carbocycles. The Balaban J connectivity index is 2.41. The Morgan fingerprint density at radius 3 is 2.77 bits per heavy atom. The van der Waals surface area contributed by atoms with E-state index in [4.69, 9.17) is 0 Å². The van der Waals surface area contributed by atoms with Gasteiger partial charge in [-0.25, -0.2) is 4.98 Å². The molecule has 0 fully saturated rings. The van der Waals surface area contributed by atoms with E-state index in [1.807, 2.05) is 48.3 Å². The molecular weight excluding hydrogens is 162 g/mol. The first-order chi connectivity index (χ1) is 6.40. The molecule has 2 heterocycles. The molecule has 0 unspecified atom stereocenters. The zero-order valence-corrected chi connectivity index (χ0v) is 7.44. The lowest BCUT2D eigenvalue weighted by Crippen LogP contribution is -1.95. The molecule has 3 heteroatoms. The molecule has 2 aromatic heterocycles. The number of anilines is 1. The second-order valence-corrected chi connectivity index (χ2v) is 2.74. The van der Waals surface area contributed by atoms with Crippen LogP contribution in [0.25, 0.3) is 5.69 Å². The molecule has 0 aliphatic carbocycles. The highest BCUT2D eigenvalue weighted by molar-refractivity contribution is 5.44. The van der Waals surface area contributed by atoms with Crippen molar-refractivity contribution in [2.24, 2.45) is 0 Å². The van der Waals surface area contributed by atoms with E-state index in [0.29, 0.717) is 0 Å². The van der Waals surface area contributed by atoms with Gasteiger partial charge in [0.2, 0.25) is 0 Å². The summed E-state index contributed by atoms with van der Waals surface area (Å²) >= 11 is 0. The maximum Gasteiger partial charge on any atom is 0.127 e. The Morgan fingerprint density at radius 1 is 1.31 bits per heavy atom. The average Bonchev–Trinajstić information content (AvgIpc) is 2.71. The van der Waals surface area contributed by atoms with Crippen LogP contribution in [-0.4, -0.2) is 16.6 Å². The third-order valence-corrected chi connectivity index (χ3v) is 1.90. The van der Waals surface area contributed by atoms with Gasteiger partial charge in [0.25, 0.3) is 0 Å². The smallest absolute Gasteiger partial charge is 0.127 e. The van der Waals surface area contributed by atoms with E-state index >= 15 is 0 Å². The predicted octanol–water partition coefficient (Wildman–Crippen LogP) is 1.91. The fraction of sp³-hybridized carbons (Fsp3) is 0.100. The van der Waals surface area contributed by atoms with Crippen LogP contribution >= 0.6 is 0 Å². The summed E-state index contributed by atoms with van der Waals surface area (Å²) in [5.41, 5.74) is 1.12. The second kappa shape index (κ2) is 3.31. The van der Waals surface area contributed by atoms with Gasteiger partial charge in [-0.2, -0.15) is 0 Å². The Hall–Kier alpha value is -1.77. The van der Waals surface area contributed by atoms with Crippen LogP contribution in [0, 0.1) is 0 Å². The quantitative estimate of drug-likeness (QED) is 0.751. The number of hydrogen-bond donors (Lipinski definition) is 1. The summed E-state index contributed by atoms with van der Waals surface area (Å²) in [6, 6.07) is 7.97. The molecule has 0 saturated heterocycles. The van der Waals surface area contributed by atoms with Gasteiger partial charge in [0.15, 0.2) is 0 Å². The van der Waals surface area contributed by atoms with Gasteiger partial charge in [-0.05, 0) is 18.2 Å². The van der Waals surface area contributed by atoms with Crippen LogP contribution in [0.15, 0.2) is 42.9 Å². The van der Waals surface area contributed by atoms with Crippen molar-refractivity contribution in [1.82, 2.24) is 9.55 Å². The summed E-state index contributed by atoms with van der Waals surface area (Å²) in [6.45, 7) is 0. The monoisotopic (exact) mass is 173 g/mol. The summed E-state index contributed by atoms with van der Waals surface area (Å²) in [4.78, 5) is 4.14. The van der Waals surface area contributed by atoms with Crippen molar-refractivity contribution in [1.29, 1.82) is 0 Å². The Morgan fingerprint density at radius 2 is 2.08 bits per heavy atom. The van der Waals surface area contributed by atoms with Gasteiger partial charge >= 0.3 is 0 Å². The largest absolute Gasteiger partial charge is 0.373 e. The Kier molecular flexibility index (Phi) is 2.00. The van der Waals surface area contributed by atoms with Gasteiger partial charge in [0.1, 0.15) is 5.82 Å². The van der Waals surface area contributed by atoms with Gasteiger partial charge in [0, 0.05) is 31.7 Å². The molecule has 0 amide bonds. The molecule has 13 heavy (non-hydrogen) atoms. The van der Waals surface area contributed by atoms with E-state index in [9.17, 15) is 0 Å². The lowest BCUT2D eigenvalue weighted by molar-refractivity contribution is 1.07. The maximum atomic E-state index is 4.14. The van der Waals surface area contributed by atoms with E-state index in [-0.39, 0.29) is 0 Å². The summed E-state index contributed by atoms with van der Waals surface area (Å²) in [7, 11) is 1.86. The van der Waals surface area contributed by atoms with Gasteiger partial charge in [-0.1, -0.05) is 0 Å². The molecular formula is C10H11N3. The van der Waals surface area contributed by atoms with Crippen molar-refractivity contribution in [2.75, 3.05) is 12.4 Å². The van der Waals surface area contributed by atoms with Crippen LogP contribution in [-0.2, 0) is 0 Å². The summed E-state index contributed by atoms with van der Waals surface area (Å²) < 4.78 is 2.04. The summed E-state index contributed by atoms with van der Waals surface area (Å²) in [6.07, 6.45) is 5.81. The molecule has 0 spiro atoms. The average molecular weight is 173 g/mol. The summed E-state index contributed by atoms with van der Waals surface area (Å²) in [5.74, 6) is 0.881. The van der Waals surface area contributed by atoms with Crippen LogP contribution in [0.3, 0.4) is 0 Å². The van der Waals surface area contributed by atoms with Gasteiger partial charge < -0.3 is 9.88 Å². The fourth-order valence-electron chi connectivity index (χ4n) is 1.22. The van der Waals surface area contributed by atoms with Crippen molar-refractivity contribution in [3.8, 4) is 5.69 Å². The minimum absolute atomic E-state index is 0.881. The van der Waals surface area contributed by atoms with Crippen LogP contribution in [0.5, 0.6) is 0 Å². The molecule has 0 aliphatic rings. The lowest BCUT2D eigenvalue weighted by atomic mass is 10.4. The maximum absolute atomic E-state index is 4.14. The van der Waals surface area contributed by atoms with E-state index in [2.05, 4.69) is 10.3 Å². The number of nitrogens with one attached hydrogen (secondary N) is 1. The molecule has 0 bridgehead atoms. The number of nitrogens with zero attached hydrogens (tertiary/aromatic N) is 2. The number of rotatable bonds is 2. The lowest BCUT2D eigenvalue weighted by Gasteiger charge is -2.04. The molecule has 0 aliphatic heterocycles. The van der Waals surface area contributed by atoms with Gasteiger partial charge in [0.05, 0.1) is 5.69 Å². The molecule has 0 radical (unpaired) electrons. The number of aromatic nitrogens is 2. The molecule has 0 aromatic carbocycles. The van der Waals surface area contributed by atoms with Crippen LogP contribution in [0.1, 0.15) is 0 Å². The minimum atomic E-state index is 0.881. The van der Waals surface area contributed by atoms with E-state index < -0.39 is 0 Å². The second-order valence-electron chi connectivity index (χ2n) is 2.74. The molecule has 0 atom stereocenters. The number of pyridine rings is 1. The molecule has 1 N–H and O–H groups in total. The molecule has 3 nitrogen and oxygen atoms in total. The predicted molar refractivity (Wildman–Crippen MR) is 53.1 cm³/mol. The zero-order valence-electron chi connectivity index (χ0n) is 7.44. The van der Waals surface area contributed by atoms with Crippen molar-refractivity contribution >= 4 is 5.82 Å². The van der Waals surface area contributed by atoms with Gasteiger partial charge in [-0.15, -0.1) is 0 Å². The van der Waals surface area contributed by atoms with Crippen molar-refractivity contribution < 1.29 is 0 Å². The van der Waals surface area contributed by atoms with Crippen LogP contribution in [0.4, 0.5) is 5.82 Å². The molecule has 66 valence electrons. The first-order valence-corrected chi connectivity index (χ1v) is 4.17. The highest BCUT2D eigenvalue weighted by Crippen LogP contribution is 2.10. The van der Waals surface area contributed by atoms with E-state index in [1.54, 1.807) is 6.20 Å². The van der Waals surface area contributed by atoms with E-state index in [0.717, 1.165) is 11.5 Å². The van der Waals surface area contributed by atoms with Gasteiger partial charge in [-0.3, -0.25) is 0 Å². The van der Waals surface area contributed by atoms with Crippen LogP contribution < -0.4 is 5.32 Å². The van der Waals surface area contributed by atoms with Crippen molar-refractivity contribution in [3.05, 3.63) is 42.9 Å². The Bertz CT molecular complexity index is 379. The normalized spacial score (nSPS) is 9.92. The highest BCUT2D eigenvalue weighted by atomic mass is 15.0. The zero-order chi connectivity index (χ0) is 9.10. The van der Waals surface area contributed by atoms with Crippen molar-refractivity contribution in [3.63, 3.8) is 0 Å². The Labute approximate surface area is 77.0 Å². The SMILES string of the molecule is CNc1cc(-n2cccc2)ccn1. The standard InChI is InChI=1S/C10H11N3/c1-11-10-8-9(4-5-12-10)13-6-2-3-7-13/h2-8H,1H3,(H,11,12). The first-order valence-electron chi connectivity index (χ1n) is 4.17. The van der Waals surface area contributed by atoms with E-state index in [1.165, 1.54) is 0 Å². The molecule has 2 aromatic rings. The van der Waals surface area contributed by atoms with Crippen molar-refractivity contribution in [2.45, 2.75) is 0 Å². The third-order valence-electron chi connectivity index (χ3n) is 1.90. The highest BCUT2D eigenvalue weighted by Gasteiger charge is 1.95. The molecule has 2 rings (SSSR count). The van der Waals surface area contributed by atoms with Crippen LogP contribution in [0.2, 0.25) is 0 Å². The third kappa shape index (κ3) is 1.54. The topological polar surface area (TPSA) is 29.9 Å². The first kappa shape index (κ1) is 7.86. The summed E-state index contributed by atoms with van der Waals surface area (Å²) in [5, 5.41) is 3.00.